The summed E-state index contributed by atoms with van der Waals surface area (Å²) in [7, 11) is 0. The molecule has 0 atom stereocenters. The maximum atomic E-state index is 12.8. The number of benzene rings is 4. The third-order valence-corrected chi connectivity index (χ3v) is 6.88. The molecule has 0 heterocycles. The Bertz CT molecular complexity index is 1580. The van der Waals surface area contributed by atoms with Crippen LogP contribution in [0.3, 0.4) is 0 Å². The van der Waals surface area contributed by atoms with Crippen LogP contribution in [0.15, 0.2) is 94.5 Å². The Hall–Kier alpha value is -4.05. The zero-order chi connectivity index (χ0) is 29.9. The molecule has 2 amide bonds. The number of rotatable bonds is 12. The molecule has 216 valence electrons. The Balaban J connectivity index is 1.37. The van der Waals surface area contributed by atoms with Gasteiger partial charge in [-0.1, -0.05) is 69.5 Å². The largest absolute Gasteiger partial charge is 0.490 e. The molecule has 2 N–H and O–H groups in total. The Kier molecular flexibility index (Phi) is 11.2. The molecule has 0 unspecified atom stereocenters. The summed E-state index contributed by atoms with van der Waals surface area (Å²) in [6.45, 7) is 2.35. The number of carbonyl (C=O) groups excluding carboxylic acids is 2. The molecule has 0 bridgehead atoms. The van der Waals surface area contributed by atoms with Crippen molar-refractivity contribution in [2.24, 2.45) is 5.10 Å². The predicted octanol–water partition coefficient (Wildman–Crippen LogP) is 7.52. The van der Waals surface area contributed by atoms with E-state index in [-0.39, 0.29) is 6.61 Å². The molecular weight excluding hydrogens is 645 g/mol. The molecule has 0 aliphatic rings. The topological polar surface area (TPSA) is 98.3 Å². The van der Waals surface area contributed by atoms with Gasteiger partial charge in [0.25, 0.3) is 11.8 Å². The van der Waals surface area contributed by atoms with Crippen LogP contribution in [0.5, 0.6) is 17.2 Å². The molecule has 0 fully saturated rings. The highest BCUT2D eigenvalue weighted by Gasteiger charge is 2.13. The summed E-state index contributed by atoms with van der Waals surface area (Å²) in [4.78, 5) is 25.2. The quantitative estimate of drug-likeness (QED) is 0.120. The van der Waals surface area contributed by atoms with E-state index in [4.69, 9.17) is 37.4 Å². The van der Waals surface area contributed by atoms with Gasteiger partial charge in [0.05, 0.1) is 22.9 Å². The molecule has 4 aromatic carbocycles. The minimum absolute atomic E-state index is 0.270. The molecule has 0 spiro atoms. The fourth-order valence-electron chi connectivity index (χ4n) is 3.66. The predicted molar refractivity (Wildman–Crippen MR) is 168 cm³/mol. The number of nitrogens with zero attached hydrogens (tertiary/aromatic N) is 1. The second kappa shape index (κ2) is 15.3. The normalized spacial score (nSPS) is 10.8. The van der Waals surface area contributed by atoms with Crippen LogP contribution >= 0.6 is 39.1 Å². The van der Waals surface area contributed by atoms with Gasteiger partial charge in [0.15, 0.2) is 18.1 Å². The molecule has 0 saturated heterocycles. The van der Waals surface area contributed by atoms with Gasteiger partial charge in [-0.25, -0.2) is 5.43 Å². The monoisotopic (exact) mass is 669 g/mol. The van der Waals surface area contributed by atoms with Crippen molar-refractivity contribution >= 4 is 62.8 Å². The summed E-state index contributed by atoms with van der Waals surface area (Å²) in [5.41, 5.74) is 4.88. The maximum Gasteiger partial charge on any atom is 0.271 e. The highest BCUT2D eigenvalue weighted by atomic mass is 79.9. The molecule has 42 heavy (non-hydrogen) atoms. The SMILES string of the molecule is CCOc1cc(C(=O)N/N=C/c2cc(Br)ccc2OCC(=O)Nc2ccc(Cl)c(Cl)c2)ccc1OCc1ccccc1. The summed E-state index contributed by atoms with van der Waals surface area (Å²) in [6, 6.07) is 24.6. The molecule has 0 saturated carbocycles. The molecule has 0 aliphatic heterocycles. The zero-order valence-corrected chi connectivity index (χ0v) is 25.5. The minimum Gasteiger partial charge on any atom is -0.490 e. The van der Waals surface area contributed by atoms with E-state index < -0.39 is 11.8 Å². The second-order valence-electron chi connectivity index (χ2n) is 8.72. The van der Waals surface area contributed by atoms with Crippen molar-refractivity contribution in [3.8, 4) is 17.2 Å². The van der Waals surface area contributed by atoms with Crippen LogP contribution in [-0.4, -0.2) is 31.2 Å². The molecule has 0 radical (unpaired) electrons. The number of hydrogen-bond donors (Lipinski definition) is 2. The number of hydrazone groups is 1. The van der Waals surface area contributed by atoms with E-state index in [0.29, 0.717) is 57.3 Å². The highest BCUT2D eigenvalue weighted by molar-refractivity contribution is 9.10. The van der Waals surface area contributed by atoms with E-state index in [1.165, 1.54) is 6.21 Å². The molecular formula is C31H26BrCl2N3O5. The lowest BCUT2D eigenvalue weighted by atomic mass is 10.2. The van der Waals surface area contributed by atoms with Gasteiger partial charge in [-0.2, -0.15) is 5.10 Å². The van der Waals surface area contributed by atoms with Crippen molar-refractivity contribution in [1.82, 2.24) is 5.43 Å². The van der Waals surface area contributed by atoms with Gasteiger partial charge in [0, 0.05) is 21.3 Å². The second-order valence-corrected chi connectivity index (χ2v) is 10.4. The lowest BCUT2D eigenvalue weighted by Gasteiger charge is -2.13. The van der Waals surface area contributed by atoms with Crippen molar-refractivity contribution in [3.63, 3.8) is 0 Å². The van der Waals surface area contributed by atoms with Crippen molar-refractivity contribution in [2.45, 2.75) is 13.5 Å². The Morgan fingerprint density at radius 1 is 0.857 bits per heavy atom. The van der Waals surface area contributed by atoms with Gasteiger partial charge >= 0.3 is 0 Å². The van der Waals surface area contributed by atoms with E-state index in [2.05, 4.69) is 31.8 Å². The average Bonchev–Trinajstić information content (AvgIpc) is 2.98. The Morgan fingerprint density at radius 3 is 2.40 bits per heavy atom. The number of hydrogen-bond acceptors (Lipinski definition) is 6. The first-order valence-electron chi connectivity index (χ1n) is 12.8. The molecule has 4 rings (SSSR count). The van der Waals surface area contributed by atoms with Crippen molar-refractivity contribution in [3.05, 3.63) is 116 Å². The lowest BCUT2D eigenvalue weighted by Crippen LogP contribution is -2.20. The van der Waals surface area contributed by atoms with Crippen molar-refractivity contribution in [1.29, 1.82) is 0 Å². The van der Waals surface area contributed by atoms with E-state index in [1.807, 2.05) is 37.3 Å². The third kappa shape index (κ3) is 8.97. The Morgan fingerprint density at radius 2 is 1.64 bits per heavy atom. The molecule has 0 aromatic heterocycles. The average molecular weight is 671 g/mol. The number of amides is 2. The molecule has 0 aliphatic carbocycles. The standard InChI is InChI=1S/C31H26BrCl2N3O5/c1-2-40-29-15-21(8-12-28(29)41-18-20-6-4-3-5-7-20)31(39)37-35-17-22-14-23(32)9-13-27(22)42-19-30(38)36-24-10-11-25(33)26(34)16-24/h3-17H,2,18-19H2,1H3,(H,36,38)(H,37,39)/b35-17+. The van der Waals surface area contributed by atoms with Crippen molar-refractivity contribution < 1.29 is 23.8 Å². The van der Waals surface area contributed by atoms with Crippen LogP contribution in [0.4, 0.5) is 5.69 Å². The van der Waals surface area contributed by atoms with E-state index in [9.17, 15) is 9.59 Å². The summed E-state index contributed by atoms with van der Waals surface area (Å²) in [5, 5.41) is 7.49. The fraction of sp³-hybridized carbons (Fsp3) is 0.129. The van der Waals surface area contributed by atoms with Gasteiger partial charge < -0.3 is 19.5 Å². The van der Waals surface area contributed by atoms with E-state index in [0.717, 1.165) is 10.0 Å². The summed E-state index contributed by atoms with van der Waals surface area (Å²) in [5.74, 6) is 0.528. The highest BCUT2D eigenvalue weighted by Crippen LogP contribution is 2.30. The first kappa shape index (κ1) is 30.9. The lowest BCUT2D eigenvalue weighted by molar-refractivity contribution is -0.118. The fourth-order valence-corrected chi connectivity index (χ4v) is 4.34. The van der Waals surface area contributed by atoms with Crippen LogP contribution in [0.2, 0.25) is 10.0 Å². The molecule has 8 nitrogen and oxygen atoms in total. The van der Waals surface area contributed by atoms with Gasteiger partial charge in [-0.15, -0.1) is 0 Å². The van der Waals surface area contributed by atoms with Crippen LogP contribution in [0.25, 0.3) is 0 Å². The number of carbonyl (C=O) groups is 2. The zero-order valence-electron chi connectivity index (χ0n) is 22.4. The number of halogens is 3. The van der Waals surface area contributed by atoms with Gasteiger partial charge in [-0.3, -0.25) is 9.59 Å². The van der Waals surface area contributed by atoms with Crippen molar-refractivity contribution in [2.75, 3.05) is 18.5 Å². The van der Waals surface area contributed by atoms with Crippen LogP contribution in [0.1, 0.15) is 28.4 Å². The smallest absolute Gasteiger partial charge is 0.271 e. The van der Waals surface area contributed by atoms with Gasteiger partial charge in [0.2, 0.25) is 0 Å². The third-order valence-electron chi connectivity index (χ3n) is 5.65. The number of nitrogens with one attached hydrogen (secondary N) is 2. The van der Waals surface area contributed by atoms with Crippen LogP contribution < -0.4 is 25.0 Å². The van der Waals surface area contributed by atoms with Crippen LogP contribution in [-0.2, 0) is 11.4 Å². The maximum absolute atomic E-state index is 12.8. The van der Waals surface area contributed by atoms with E-state index in [1.54, 1.807) is 54.6 Å². The number of anilines is 1. The van der Waals surface area contributed by atoms with E-state index >= 15 is 0 Å². The van der Waals surface area contributed by atoms with Crippen LogP contribution in [0, 0.1) is 0 Å². The first-order chi connectivity index (χ1) is 20.3. The summed E-state index contributed by atoms with van der Waals surface area (Å²) >= 11 is 15.3. The van der Waals surface area contributed by atoms with Gasteiger partial charge in [-0.05, 0) is 67.1 Å². The summed E-state index contributed by atoms with van der Waals surface area (Å²) < 4.78 is 18.1. The number of ether oxygens (including phenoxy) is 3. The van der Waals surface area contributed by atoms with Gasteiger partial charge in [0.1, 0.15) is 12.4 Å². The first-order valence-corrected chi connectivity index (χ1v) is 14.3. The summed E-state index contributed by atoms with van der Waals surface area (Å²) in [6.07, 6.45) is 1.43. The minimum atomic E-state index is -0.444. The molecule has 11 heteroatoms. The molecule has 4 aromatic rings. The Labute approximate surface area is 261 Å².